The van der Waals surface area contributed by atoms with E-state index in [0.717, 1.165) is 12.8 Å². The van der Waals surface area contributed by atoms with Crippen LogP contribution in [0.15, 0.2) is 0 Å². The monoisotopic (exact) mass is 318 g/mol. The van der Waals surface area contributed by atoms with Gasteiger partial charge in [0.1, 0.15) is 0 Å². The molecular weight excluding hydrogens is 282 g/mol. The minimum atomic E-state index is -2.08. The zero-order valence-electron chi connectivity index (χ0n) is 14.0. The van der Waals surface area contributed by atoms with Crippen LogP contribution in [0.2, 0.25) is 0 Å². The quantitative estimate of drug-likeness (QED) is 0.294. The minimum Gasteiger partial charge on any atom is -0.760 e. The highest BCUT2D eigenvalue weighted by Gasteiger charge is 1.94. The highest BCUT2D eigenvalue weighted by Crippen LogP contribution is 2.13. The van der Waals surface area contributed by atoms with Crippen LogP contribution < -0.4 is 4.72 Å². The number of nitrogens with one attached hydrogen (secondary N) is 1. The largest absolute Gasteiger partial charge is 0.760 e. The zero-order valence-corrected chi connectivity index (χ0v) is 14.9. The van der Waals surface area contributed by atoms with E-state index < -0.39 is 11.3 Å². The molecule has 0 radical (unpaired) electrons. The summed E-state index contributed by atoms with van der Waals surface area (Å²) in [6.45, 7) is 2.86. The summed E-state index contributed by atoms with van der Waals surface area (Å²) in [4.78, 5) is 0. The Hall–Kier alpha value is 0.0700. The van der Waals surface area contributed by atoms with Gasteiger partial charge < -0.3 is 4.55 Å². The Morgan fingerprint density at radius 3 is 1.33 bits per heavy atom. The first-order chi connectivity index (χ1) is 10.3. The van der Waals surface area contributed by atoms with Gasteiger partial charge in [-0.25, -0.2) is 4.72 Å². The lowest BCUT2D eigenvalue weighted by Crippen LogP contribution is -2.17. The molecule has 0 aliphatic heterocycles. The highest BCUT2D eigenvalue weighted by molar-refractivity contribution is 7.77. The molecule has 0 heterocycles. The average Bonchev–Trinajstić information content (AvgIpc) is 2.46. The summed E-state index contributed by atoms with van der Waals surface area (Å²) in [6, 6.07) is 0. The molecule has 0 aromatic rings. The predicted octanol–water partition coefficient (Wildman–Crippen LogP) is 5.24. The van der Waals surface area contributed by atoms with Gasteiger partial charge in [-0.2, -0.15) is 0 Å². The van der Waals surface area contributed by atoms with Crippen LogP contribution >= 0.6 is 0 Å². The van der Waals surface area contributed by atoms with Crippen molar-refractivity contribution in [3.05, 3.63) is 0 Å². The Bertz CT molecular complexity index is 225. The Kier molecular flexibility index (Phi) is 18.2. The number of unbranched alkanes of at least 4 members (excludes halogenated alkanes) is 14. The summed E-state index contributed by atoms with van der Waals surface area (Å²) >= 11 is -2.08. The maximum Gasteiger partial charge on any atom is 0.0181 e. The maximum atomic E-state index is 10.2. The van der Waals surface area contributed by atoms with Gasteiger partial charge in [-0.3, -0.25) is 4.21 Å². The molecule has 1 atom stereocenters. The number of hydrogen-bond donors (Lipinski definition) is 1. The van der Waals surface area contributed by atoms with Crippen molar-refractivity contribution in [1.29, 1.82) is 0 Å². The van der Waals surface area contributed by atoms with E-state index in [0.29, 0.717) is 6.54 Å². The predicted molar refractivity (Wildman–Crippen MR) is 91.9 cm³/mol. The summed E-state index contributed by atoms with van der Waals surface area (Å²) in [5, 5.41) is 0. The van der Waals surface area contributed by atoms with Crippen LogP contribution in [-0.4, -0.2) is 15.3 Å². The Morgan fingerprint density at radius 2 is 1.00 bits per heavy atom. The smallest absolute Gasteiger partial charge is 0.0181 e. The second-order valence-corrected chi connectivity index (χ2v) is 6.84. The first-order valence-corrected chi connectivity index (χ1v) is 10.2. The Balaban J connectivity index is 2.95. The molecule has 21 heavy (non-hydrogen) atoms. The van der Waals surface area contributed by atoms with Crippen LogP contribution in [0.3, 0.4) is 0 Å². The van der Waals surface area contributed by atoms with Crippen molar-refractivity contribution < 1.29 is 8.76 Å². The molecule has 0 saturated heterocycles. The van der Waals surface area contributed by atoms with Crippen molar-refractivity contribution >= 4 is 11.3 Å². The molecule has 0 fully saturated rings. The van der Waals surface area contributed by atoms with Crippen molar-refractivity contribution in [3.63, 3.8) is 0 Å². The SMILES string of the molecule is CCCCCCCCCCCCCCCCCNS(=O)[O-]. The van der Waals surface area contributed by atoms with Crippen LogP contribution in [-0.2, 0) is 11.3 Å². The highest BCUT2D eigenvalue weighted by atomic mass is 32.2. The molecule has 0 aromatic heterocycles. The van der Waals surface area contributed by atoms with Crippen molar-refractivity contribution in [1.82, 2.24) is 4.72 Å². The molecule has 0 aliphatic carbocycles. The molecule has 0 rings (SSSR count). The fourth-order valence-electron chi connectivity index (χ4n) is 2.65. The molecule has 1 N–H and O–H groups in total. The van der Waals surface area contributed by atoms with Gasteiger partial charge in [0.2, 0.25) is 0 Å². The fourth-order valence-corrected chi connectivity index (χ4v) is 2.96. The van der Waals surface area contributed by atoms with Crippen LogP contribution in [0.25, 0.3) is 0 Å². The molecule has 0 saturated carbocycles. The summed E-state index contributed by atoms with van der Waals surface area (Å²) in [5.41, 5.74) is 0. The zero-order chi connectivity index (χ0) is 15.6. The lowest BCUT2D eigenvalue weighted by Gasteiger charge is -2.06. The van der Waals surface area contributed by atoms with E-state index in [1.54, 1.807) is 0 Å². The number of hydrogen-bond acceptors (Lipinski definition) is 2. The molecule has 3 nitrogen and oxygen atoms in total. The molecule has 128 valence electrons. The number of rotatable bonds is 17. The molecule has 4 heteroatoms. The molecule has 0 aromatic carbocycles. The second kappa shape index (κ2) is 18.1. The van der Waals surface area contributed by atoms with Gasteiger partial charge in [0.25, 0.3) is 0 Å². The van der Waals surface area contributed by atoms with Gasteiger partial charge in [0, 0.05) is 17.8 Å². The molecular formula is C17H36NO2S-. The van der Waals surface area contributed by atoms with Crippen molar-refractivity contribution in [3.8, 4) is 0 Å². The van der Waals surface area contributed by atoms with Crippen molar-refractivity contribution in [2.75, 3.05) is 6.54 Å². The van der Waals surface area contributed by atoms with E-state index in [9.17, 15) is 8.76 Å². The maximum absolute atomic E-state index is 10.2. The van der Waals surface area contributed by atoms with E-state index >= 15 is 0 Å². The lowest BCUT2D eigenvalue weighted by molar-refractivity contribution is 0.514. The van der Waals surface area contributed by atoms with Crippen LogP contribution in [0, 0.1) is 0 Å². The third-order valence-corrected chi connectivity index (χ3v) is 4.44. The van der Waals surface area contributed by atoms with Crippen molar-refractivity contribution in [2.45, 2.75) is 103 Å². The average molecular weight is 319 g/mol. The van der Waals surface area contributed by atoms with E-state index in [1.807, 2.05) is 0 Å². The van der Waals surface area contributed by atoms with Gasteiger partial charge in [-0.1, -0.05) is 96.8 Å². The minimum absolute atomic E-state index is 0.592. The first kappa shape index (κ1) is 21.1. The van der Waals surface area contributed by atoms with Gasteiger partial charge in [-0.05, 0) is 6.42 Å². The summed E-state index contributed by atoms with van der Waals surface area (Å²) in [7, 11) is 0. The van der Waals surface area contributed by atoms with Crippen molar-refractivity contribution in [2.24, 2.45) is 0 Å². The van der Waals surface area contributed by atoms with E-state index in [1.165, 1.54) is 83.5 Å². The summed E-state index contributed by atoms with van der Waals surface area (Å²) in [5.74, 6) is 0. The van der Waals surface area contributed by atoms with Gasteiger partial charge >= 0.3 is 0 Å². The fraction of sp³-hybridized carbons (Fsp3) is 1.00. The standard InChI is InChI=1S/C17H37NO2S/c1-2-3-4-5-6-7-8-9-10-11-12-13-14-15-16-17-18-21(19)20/h18H,2-17H2,1H3,(H,19,20)/p-1. The molecule has 0 amide bonds. The molecule has 0 spiro atoms. The molecule has 0 aliphatic rings. The normalized spacial score (nSPS) is 12.7. The second-order valence-electron chi connectivity index (χ2n) is 6.08. The third-order valence-electron chi connectivity index (χ3n) is 4.00. The van der Waals surface area contributed by atoms with E-state index in [-0.39, 0.29) is 0 Å². The van der Waals surface area contributed by atoms with Gasteiger partial charge in [0.15, 0.2) is 0 Å². The van der Waals surface area contributed by atoms with Crippen LogP contribution in [0.1, 0.15) is 103 Å². The molecule has 1 unspecified atom stereocenters. The van der Waals surface area contributed by atoms with Crippen LogP contribution in [0.5, 0.6) is 0 Å². The van der Waals surface area contributed by atoms with E-state index in [4.69, 9.17) is 0 Å². The van der Waals surface area contributed by atoms with Gasteiger partial charge in [0.05, 0.1) is 0 Å². The van der Waals surface area contributed by atoms with Crippen LogP contribution in [0.4, 0.5) is 0 Å². The first-order valence-electron chi connectivity index (χ1n) is 9.10. The summed E-state index contributed by atoms with van der Waals surface area (Å²) < 4.78 is 22.9. The van der Waals surface area contributed by atoms with Gasteiger partial charge in [-0.15, -0.1) is 0 Å². The molecule has 0 bridgehead atoms. The van der Waals surface area contributed by atoms with E-state index in [2.05, 4.69) is 11.6 Å². The summed E-state index contributed by atoms with van der Waals surface area (Å²) in [6.07, 6.45) is 20.1. The topological polar surface area (TPSA) is 52.2 Å². The Labute approximate surface area is 135 Å². The Morgan fingerprint density at radius 1 is 0.667 bits per heavy atom. The lowest BCUT2D eigenvalue weighted by atomic mass is 10.0. The third kappa shape index (κ3) is 20.1.